The fourth-order valence-electron chi connectivity index (χ4n) is 2.48. The molecule has 1 aromatic carbocycles. The van der Waals surface area contributed by atoms with Crippen molar-refractivity contribution in [2.45, 2.75) is 52.0 Å². The number of tetrazole rings is 1. The van der Waals surface area contributed by atoms with Crippen molar-refractivity contribution in [3.05, 3.63) is 18.2 Å². The van der Waals surface area contributed by atoms with Crippen molar-refractivity contribution >= 4 is 11.4 Å². The Kier molecular flexibility index (Phi) is 5.14. The molecule has 6 nitrogen and oxygen atoms in total. The van der Waals surface area contributed by atoms with Gasteiger partial charge in [0.2, 0.25) is 0 Å². The molecule has 1 aromatic heterocycles. The molecule has 0 saturated heterocycles. The number of aromatic nitrogens is 4. The Labute approximate surface area is 125 Å². The number of nitrogens with two attached hydrogens (primary N) is 2. The lowest BCUT2D eigenvalue weighted by Gasteiger charge is -2.13. The lowest BCUT2D eigenvalue weighted by molar-refractivity contribution is 0.430. The van der Waals surface area contributed by atoms with Gasteiger partial charge in [0.1, 0.15) is 0 Å². The minimum Gasteiger partial charge on any atom is -0.399 e. The number of unbranched alkanes of at least 4 members (excludes halogenated alkanes) is 3. The van der Waals surface area contributed by atoms with Crippen LogP contribution < -0.4 is 11.5 Å². The van der Waals surface area contributed by atoms with Gasteiger partial charge in [0.25, 0.3) is 0 Å². The molecule has 4 N–H and O–H groups in total. The highest BCUT2D eigenvalue weighted by Crippen LogP contribution is 2.25. The number of benzene rings is 1. The first-order chi connectivity index (χ1) is 10.1. The van der Waals surface area contributed by atoms with Gasteiger partial charge in [-0.2, -0.15) is 0 Å². The number of rotatable bonds is 7. The van der Waals surface area contributed by atoms with Crippen LogP contribution in [-0.4, -0.2) is 20.2 Å². The van der Waals surface area contributed by atoms with E-state index in [-0.39, 0.29) is 6.04 Å². The normalized spacial score (nSPS) is 12.5. The van der Waals surface area contributed by atoms with E-state index in [1.54, 1.807) is 6.07 Å². The van der Waals surface area contributed by atoms with Crippen LogP contribution in [0, 0.1) is 0 Å². The second kappa shape index (κ2) is 7.06. The summed E-state index contributed by atoms with van der Waals surface area (Å²) in [5.41, 5.74) is 13.8. The van der Waals surface area contributed by atoms with Gasteiger partial charge >= 0.3 is 0 Å². The smallest absolute Gasteiger partial charge is 0.182 e. The monoisotopic (exact) mass is 288 g/mol. The van der Waals surface area contributed by atoms with E-state index in [0.717, 1.165) is 17.8 Å². The van der Waals surface area contributed by atoms with Crippen molar-refractivity contribution in [2.75, 3.05) is 11.5 Å². The van der Waals surface area contributed by atoms with Crippen LogP contribution in [0.4, 0.5) is 11.4 Å². The molecule has 0 bridgehead atoms. The first-order valence-electron chi connectivity index (χ1n) is 7.56. The lowest BCUT2D eigenvalue weighted by Crippen LogP contribution is -2.09. The highest BCUT2D eigenvalue weighted by atomic mass is 15.5. The average molecular weight is 288 g/mol. The molecule has 0 spiro atoms. The number of nitrogen functional groups attached to an aromatic ring is 2. The van der Waals surface area contributed by atoms with Gasteiger partial charge in [0.15, 0.2) is 5.82 Å². The Bertz CT molecular complexity index is 557. The van der Waals surface area contributed by atoms with E-state index < -0.39 is 0 Å². The third-order valence-corrected chi connectivity index (χ3v) is 3.62. The predicted octanol–water partition coefficient (Wildman–Crippen LogP) is 3.04. The highest BCUT2D eigenvalue weighted by Gasteiger charge is 2.15. The molecule has 2 rings (SSSR count). The van der Waals surface area contributed by atoms with Crippen molar-refractivity contribution in [2.24, 2.45) is 0 Å². The zero-order chi connectivity index (χ0) is 15.2. The molecule has 0 aliphatic heterocycles. The van der Waals surface area contributed by atoms with E-state index in [2.05, 4.69) is 29.4 Å². The van der Waals surface area contributed by atoms with E-state index in [4.69, 9.17) is 11.5 Å². The van der Waals surface area contributed by atoms with Crippen molar-refractivity contribution < 1.29 is 0 Å². The molecular formula is C15H24N6. The molecule has 0 fully saturated rings. The zero-order valence-corrected chi connectivity index (χ0v) is 12.8. The molecule has 0 aliphatic rings. The standard InChI is InChI=1S/C15H24N6/c1-3-4-5-6-7-11(2)21-15(18-19-20-21)12-8-13(16)10-14(17)9-12/h8-11H,3-7,16-17H2,1-2H3. The summed E-state index contributed by atoms with van der Waals surface area (Å²) < 4.78 is 1.86. The molecule has 0 radical (unpaired) electrons. The number of hydrogen-bond donors (Lipinski definition) is 2. The molecule has 6 heteroatoms. The molecule has 114 valence electrons. The average Bonchev–Trinajstić information content (AvgIpc) is 2.92. The summed E-state index contributed by atoms with van der Waals surface area (Å²) in [4.78, 5) is 0. The Morgan fingerprint density at radius 2 is 1.81 bits per heavy atom. The second-order valence-corrected chi connectivity index (χ2v) is 5.53. The fraction of sp³-hybridized carbons (Fsp3) is 0.533. The van der Waals surface area contributed by atoms with Crippen molar-refractivity contribution in [3.8, 4) is 11.4 Å². The van der Waals surface area contributed by atoms with E-state index in [1.807, 2.05) is 16.8 Å². The minimum atomic E-state index is 0.259. The van der Waals surface area contributed by atoms with E-state index >= 15 is 0 Å². The van der Waals surface area contributed by atoms with Gasteiger partial charge in [-0.05, 0) is 42.0 Å². The SMILES string of the molecule is CCCCCCC(C)n1nnnc1-c1cc(N)cc(N)c1. The first kappa shape index (κ1) is 15.3. The number of hydrogen-bond acceptors (Lipinski definition) is 5. The summed E-state index contributed by atoms with van der Waals surface area (Å²) in [5, 5.41) is 12.1. The molecule has 1 unspecified atom stereocenters. The van der Waals surface area contributed by atoms with Gasteiger partial charge in [0, 0.05) is 16.9 Å². The summed E-state index contributed by atoms with van der Waals surface area (Å²) in [5.74, 6) is 0.719. The van der Waals surface area contributed by atoms with Crippen LogP contribution in [0.3, 0.4) is 0 Å². The lowest BCUT2D eigenvalue weighted by atomic mass is 10.1. The van der Waals surface area contributed by atoms with Gasteiger partial charge in [0.05, 0.1) is 6.04 Å². The van der Waals surface area contributed by atoms with Crippen molar-refractivity contribution in [3.63, 3.8) is 0 Å². The summed E-state index contributed by atoms with van der Waals surface area (Å²) in [6.07, 6.45) is 6.03. The Balaban J connectivity index is 2.14. The zero-order valence-electron chi connectivity index (χ0n) is 12.8. The van der Waals surface area contributed by atoms with Gasteiger partial charge < -0.3 is 11.5 Å². The summed E-state index contributed by atoms with van der Waals surface area (Å²) in [6, 6.07) is 5.69. The maximum atomic E-state index is 5.85. The Morgan fingerprint density at radius 3 is 2.48 bits per heavy atom. The van der Waals surface area contributed by atoms with Crippen LogP contribution in [0.25, 0.3) is 11.4 Å². The maximum absolute atomic E-state index is 5.85. The van der Waals surface area contributed by atoms with Crippen LogP contribution in [0.15, 0.2) is 18.2 Å². The van der Waals surface area contributed by atoms with Crippen molar-refractivity contribution in [1.29, 1.82) is 0 Å². The van der Waals surface area contributed by atoms with Gasteiger partial charge in [-0.1, -0.05) is 32.6 Å². The van der Waals surface area contributed by atoms with Crippen molar-refractivity contribution in [1.82, 2.24) is 20.2 Å². The van der Waals surface area contributed by atoms with E-state index in [1.165, 1.54) is 25.7 Å². The third kappa shape index (κ3) is 3.93. The van der Waals surface area contributed by atoms with Crippen LogP contribution >= 0.6 is 0 Å². The van der Waals surface area contributed by atoms with E-state index in [9.17, 15) is 0 Å². The minimum absolute atomic E-state index is 0.259. The Hall–Kier alpha value is -2.11. The largest absolute Gasteiger partial charge is 0.399 e. The van der Waals surface area contributed by atoms with Crippen LogP contribution in [-0.2, 0) is 0 Å². The first-order valence-corrected chi connectivity index (χ1v) is 7.56. The molecule has 2 aromatic rings. The van der Waals surface area contributed by atoms with Gasteiger partial charge in [-0.25, -0.2) is 4.68 Å². The predicted molar refractivity (Wildman–Crippen MR) is 85.5 cm³/mol. The van der Waals surface area contributed by atoms with Gasteiger partial charge in [-0.3, -0.25) is 0 Å². The quantitative estimate of drug-likeness (QED) is 0.603. The molecule has 21 heavy (non-hydrogen) atoms. The molecule has 0 amide bonds. The Morgan fingerprint density at radius 1 is 1.10 bits per heavy atom. The van der Waals surface area contributed by atoms with Crippen LogP contribution in [0.2, 0.25) is 0 Å². The second-order valence-electron chi connectivity index (χ2n) is 5.53. The third-order valence-electron chi connectivity index (χ3n) is 3.62. The number of anilines is 2. The fourth-order valence-corrected chi connectivity index (χ4v) is 2.48. The molecule has 1 atom stereocenters. The molecule has 1 heterocycles. The summed E-state index contributed by atoms with van der Waals surface area (Å²) in [6.45, 7) is 4.36. The highest BCUT2D eigenvalue weighted by molar-refractivity contribution is 5.67. The van der Waals surface area contributed by atoms with Crippen LogP contribution in [0.1, 0.15) is 52.0 Å². The van der Waals surface area contributed by atoms with Crippen LogP contribution in [0.5, 0.6) is 0 Å². The molecular weight excluding hydrogens is 264 g/mol. The van der Waals surface area contributed by atoms with Gasteiger partial charge in [-0.15, -0.1) is 5.10 Å². The summed E-state index contributed by atoms with van der Waals surface area (Å²) in [7, 11) is 0. The molecule has 0 aliphatic carbocycles. The van der Waals surface area contributed by atoms with E-state index in [0.29, 0.717) is 11.4 Å². The topological polar surface area (TPSA) is 95.6 Å². The maximum Gasteiger partial charge on any atom is 0.182 e. The number of nitrogens with zero attached hydrogens (tertiary/aromatic N) is 4. The molecule has 0 saturated carbocycles. The summed E-state index contributed by atoms with van der Waals surface area (Å²) >= 11 is 0.